The predicted octanol–water partition coefficient (Wildman–Crippen LogP) is 0.175. The van der Waals surface area contributed by atoms with E-state index >= 15 is 0 Å². The molecule has 1 spiro atoms. The molecular weight excluding hydrogens is 316 g/mol. The predicted molar refractivity (Wildman–Crippen MR) is 77.7 cm³/mol. The van der Waals surface area contributed by atoms with Crippen LogP contribution in [0.4, 0.5) is 0 Å². The van der Waals surface area contributed by atoms with Crippen molar-refractivity contribution >= 4 is 11.9 Å². The second-order valence-corrected chi connectivity index (χ2v) is 8.42. The first-order valence-corrected chi connectivity index (χ1v) is 8.59. The Bertz CT molecular complexity index is 659. The normalized spacial score (nSPS) is 62.5. The number of ether oxygens (including phenoxy) is 4. The van der Waals surface area contributed by atoms with Crippen LogP contribution in [0.3, 0.4) is 0 Å². The molecule has 1 N–H and O–H groups in total. The molecule has 132 valence electrons. The van der Waals surface area contributed by atoms with Crippen LogP contribution in [0, 0.1) is 17.8 Å². The Balaban J connectivity index is 1.64. The molecular formula is C17H22O7. The maximum absolute atomic E-state index is 12.3. The average Bonchev–Trinajstić information content (AvgIpc) is 3.29. The first-order valence-electron chi connectivity index (χ1n) is 8.59. The van der Waals surface area contributed by atoms with E-state index in [2.05, 4.69) is 0 Å². The lowest BCUT2D eigenvalue weighted by molar-refractivity contribution is -0.155. The number of hydrogen-bond donors (Lipinski definition) is 1. The van der Waals surface area contributed by atoms with Crippen molar-refractivity contribution in [3.8, 4) is 0 Å². The van der Waals surface area contributed by atoms with Crippen molar-refractivity contribution < 1.29 is 33.6 Å². The number of epoxide rings is 2. The Kier molecular flexibility index (Phi) is 2.50. The van der Waals surface area contributed by atoms with Gasteiger partial charge in [0.05, 0.1) is 17.4 Å². The Labute approximate surface area is 139 Å². The molecule has 5 rings (SSSR count). The molecule has 7 nitrogen and oxygen atoms in total. The highest BCUT2D eigenvalue weighted by molar-refractivity contribution is 5.75. The molecule has 2 aliphatic carbocycles. The van der Waals surface area contributed by atoms with E-state index < -0.39 is 40.9 Å². The van der Waals surface area contributed by atoms with Gasteiger partial charge in [-0.05, 0) is 13.8 Å². The molecule has 2 saturated carbocycles. The van der Waals surface area contributed by atoms with Crippen LogP contribution in [-0.4, -0.2) is 58.3 Å². The van der Waals surface area contributed by atoms with E-state index in [1.807, 2.05) is 6.92 Å². The largest absolute Gasteiger partial charge is 0.462 e. The Morgan fingerprint density at radius 2 is 2.00 bits per heavy atom. The van der Waals surface area contributed by atoms with Crippen molar-refractivity contribution in [2.24, 2.45) is 17.8 Å². The number of rotatable bonds is 1. The van der Waals surface area contributed by atoms with Crippen molar-refractivity contribution in [3.05, 3.63) is 0 Å². The van der Waals surface area contributed by atoms with E-state index in [0.717, 1.165) is 0 Å². The minimum absolute atomic E-state index is 0.0606. The molecule has 3 saturated heterocycles. The molecule has 3 heterocycles. The number of hydrogen-bond acceptors (Lipinski definition) is 7. The van der Waals surface area contributed by atoms with Gasteiger partial charge in [0.15, 0.2) is 0 Å². The van der Waals surface area contributed by atoms with Crippen LogP contribution in [0.25, 0.3) is 0 Å². The average molecular weight is 338 g/mol. The van der Waals surface area contributed by atoms with E-state index in [0.29, 0.717) is 0 Å². The molecule has 0 radical (unpaired) electrons. The molecule has 0 aromatic carbocycles. The van der Waals surface area contributed by atoms with Gasteiger partial charge in [0, 0.05) is 19.3 Å². The number of carbonyl (C=O) groups is 2. The van der Waals surface area contributed by atoms with Crippen LogP contribution in [0.1, 0.15) is 34.1 Å². The van der Waals surface area contributed by atoms with Crippen LogP contribution >= 0.6 is 0 Å². The van der Waals surface area contributed by atoms with Crippen molar-refractivity contribution in [2.75, 3.05) is 0 Å². The SMILES string of the molecule is CC(=O)OC1C[C@@](C)(O)[C@@]23O[C@@H]2[C@@H]2O[C@]2(C)C3C2OC(=O)C(C)[C@H]12. The highest BCUT2D eigenvalue weighted by Gasteiger charge is 2.93. The lowest BCUT2D eigenvalue weighted by Gasteiger charge is -2.36. The van der Waals surface area contributed by atoms with E-state index in [1.165, 1.54) is 6.92 Å². The fraction of sp³-hybridized carbons (Fsp3) is 0.882. The molecule has 5 fully saturated rings. The number of carbonyl (C=O) groups excluding carboxylic acids is 2. The molecule has 4 unspecified atom stereocenters. The highest BCUT2D eigenvalue weighted by Crippen LogP contribution is 2.75. The third-order valence-corrected chi connectivity index (χ3v) is 7.03. The Morgan fingerprint density at radius 3 is 2.67 bits per heavy atom. The topological polar surface area (TPSA) is 97.9 Å². The molecule has 5 aliphatic rings. The van der Waals surface area contributed by atoms with Gasteiger partial charge < -0.3 is 24.1 Å². The summed E-state index contributed by atoms with van der Waals surface area (Å²) in [6.07, 6.45) is -1.09. The summed E-state index contributed by atoms with van der Waals surface area (Å²) in [7, 11) is 0. The van der Waals surface area contributed by atoms with Crippen molar-refractivity contribution in [1.82, 2.24) is 0 Å². The lowest BCUT2D eigenvalue weighted by Crippen LogP contribution is -2.53. The van der Waals surface area contributed by atoms with Crippen molar-refractivity contribution in [1.29, 1.82) is 0 Å². The Hall–Kier alpha value is -1.18. The standard InChI is InChI=1S/C17H22O7/c1-6-9-8(21-7(2)18)5-15(3,20)17-11(10(9)22-14(6)19)16(4)12(23-16)13(17)24-17/h6,8-13,20H,5H2,1-4H3/t6?,8?,9-,10?,11?,12+,13-,15-,16-,17+/m1/s1. The number of aliphatic hydroxyl groups is 1. The summed E-state index contributed by atoms with van der Waals surface area (Å²) < 4.78 is 23.1. The molecule has 0 amide bonds. The van der Waals surface area contributed by atoms with E-state index in [1.54, 1.807) is 13.8 Å². The summed E-state index contributed by atoms with van der Waals surface area (Å²) in [5.41, 5.74) is -2.42. The third kappa shape index (κ3) is 1.46. The molecule has 0 aromatic heterocycles. The zero-order valence-electron chi connectivity index (χ0n) is 14.1. The van der Waals surface area contributed by atoms with Crippen LogP contribution in [-0.2, 0) is 28.5 Å². The quantitative estimate of drug-likeness (QED) is 0.538. The maximum atomic E-state index is 12.3. The molecule has 10 atom stereocenters. The molecule has 0 bridgehead atoms. The van der Waals surface area contributed by atoms with Crippen LogP contribution in [0.2, 0.25) is 0 Å². The molecule has 7 heteroatoms. The van der Waals surface area contributed by atoms with Gasteiger partial charge in [0.25, 0.3) is 0 Å². The second-order valence-electron chi connectivity index (χ2n) is 8.42. The zero-order chi connectivity index (χ0) is 17.2. The van der Waals surface area contributed by atoms with Crippen molar-refractivity contribution in [3.63, 3.8) is 0 Å². The maximum Gasteiger partial charge on any atom is 0.309 e. The van der Waals surface area contributed by atoms with Gasteiger partial charge in [0.1, 0.15) is 35.6 Å². The first-order chi connectivity index (χ1) is 11.1. The van der Waals surface area contributed by atoms with Gasteiger partial charge in [-0.2, -0.15) is 0 Å². The summed E-state index contributed by atoms with van der Waals surface area (Å²) in [6, 6.07) is 0. The number of fused-ring (bicyclic) bond motifs is 5. The van der Waals surface area contributed by atoms with Crippen molar-refractivity contribution in [2.45, 2.75) is 75.3 Å². The van der Waals surface area contributed by atoms with E-state index in [9.17, 15) is 14.7 Å². The van der Waals surface area contributed by atoms with Gasteiger partial charge in [-0.1, -0.05) is 6.92 Å². The van der Waals surface area contributed by atoms with E-state index in [-0.39, 0.29) is 36.4 Å². The van der Waals surface area contributed by atoms with Crippen LogP contribution < -0.4 is 0 Å². The van der Waals surface area contributed by atoms with E-state index in [4.69, 9.17) is 18.9 Å². The van der Waals surface area contributed by atoms with Gasteiger partial charge >= 0.3 is 11.9 Å². The minimum atomic E-state index is -1.18. The Morgan fingerprint density at radius 1 is 1.29 bits per heavy atom. The van der Waals surface area contributed by atoms with Gasteiger partial charge in [-0.3, -0.25) is 9.59 Å². The first kappa shape index (κ1) is 15.1. The zero-order valence-corrected chi connectivity index (χ0v) is 14.1. The summed E-state index contributed by atoms with van der Waals surface area (Å²) >= 11 is 0. The monoisotopic (exact) mass is 338 g/mol. The molecule has 3 aliphatic heterocycles. The highest BCUT2D eigenvalue weighted by atomic mass is 16.7. The number of esters is 2. The fourth-order valence-electron chi connectivity index (χ4n) is 5.94. The van der Waals surface area contributed by atoms with Crippen LogP contribution in [0.5, 0.6) is 0 Å². The molecule has 24 heavy (non-hydrogen) atoms. The summed E-state index contributed by atoms with van der Waals surface area (Å²) in [6.45, 7) is 6.87. The minimum Gasteiger partial charge on any atom is -0.462 e. The van der Waals surface area contributed by atoms with Gasteiger partial charge in [0.2, 0.25) is 0 Å². The lowest BCUT2D eigenvalue weighted by atomic mass is 9.73. The van der Waals surface area contributed by atoms with Gasteiger partial charge in [-0.15, -0.1) is 0 Å². The summed E-state index contributed by atoms with van der Waals surface area (Å²) in [4.78, 5) is 23.9. The smallest absolute Gasteiger partial charge is 0.309 e. The summed E-state index contributed by atoms with van der Waals surface area (Å²) in [5.74, 6) is -1.67. The third-order valence-electron chi connectivity index (χ3n) is 7.03. The fourth-order valence-corrected chi connectivity index (χ4v) is 5.94. The molecule has 0 aromatic rings. The second kappa shape index (κ2) is 3.97. The summed E-state index contributed by atoms with van der Waals surface area (Å²) in [5, 5.41) is 11.3. The van der Waals surface area contributed by atoms with Gasteiger partial charge in [-0.25, -0.2) is 0 Å². The van der Waals surface area contributed by atoms with Crippen LogP contribution in [0.15, 0.2) is 0 Å².